The Morgan fingerprint density at radius 3 is 2.73 bits per heavy atom. The maximum Gasteiger partial charge on any atom is 0.187 e. The molecule has 2 aromatic rings. The van der Waals surface area contributed by atoms with E-state index in [0.29, 0.717) is 21.7 Å². The lowest BCUT2D eigenvalue weighted by atomic mass is 10.2. The molecule has 0 spiro atoms. The van der Waals surface area contributed by atoms with E-state index in [1.54, 1.807) is 18.3 Å². The van der Waals surface area contributed by atoms with Gasteiger partial charge in [0.15, 0.2) is 5.11 Å². The summed E-state index contributed by atoms with van der Waals surface area (Å²) in [6.45, 7) is 2.39. The van der Waals surface area contributed by atoms with Gasteiger partial charge in [-0.05, 0) is 49.0 Å². The number of rotatable bonds is 4. The summed E-state index contributed by atoms with van der Waals surface area (Å²) in [6, 6.07) is 11.1. The van der Waals surface area contributed by atoms with E-state index in [9.17, 15) is 0 Å². The Morgan fingerprint density at radius 2 is 2.05 bits per heavy atom. The Hall–Kier alpha value is -1.69. The molecule has 1 aromatic heterocycles. The average molecular weight is 353 g/mol. The fourth-order valence-electron chi connectivity index (χ4n) is 1.64. The maximum atomic E-state index is 5.96. The van der Waals surface area contributed by atoms with E-state index in [2.05, 4.69) is 20.8 Å². The van der Waals surface area contributed by atoms with E-state index in [4.69, 9.17) is 35.4 Å². The highest BCUT2D eigenvalue weighted by Crippen LogP contribution is 2.22. The molecule has 0 unspecified atom stereocenters. The summed E-state index contributed by atoms with van der Waals surface area (Å²) in [6.07, 6.45) is 1.72. The number of pyridine rings is 1. The molecule has 0 aliphatic rings. The van der Waals surface area contributed by atoms with Crippen molar-refractivity contribution in [1.29, 1.82) is 0 Å². The van der Waals surface area contributed by atoms with Gasteiger partial charge in [-0.15, -0.1) is 0 Å². The molecule has 22 heavy (non-hydrogen) atoms. The third kappa shape index (κ3) is 4.94. The molecule has 0 amide bonds. The Morgan fingerprint density at radius 1 is 1.23 bits per heavy atom. The van der Waals surface area contributed by atoms with Gasteiger partial charge in [0.2, 0.25) is 0 Å². The second-order valence-corrected chi connectivity index (χ2v) is 5.68. The van der Waals surface area contributed by atoms with Gasteiger partial charge in [-0.25, -0.2) is 0 Å². The van der Waals surface area contributed by atoms with Gasteiger partial charge >= 0.3 is 0 Å². The van der Waals surface area contributed by atoms with Crippen LogP contribution in [0, 0.1) is 0 Å². The van der Waals surface area contributed by atoms with E-state index >= 15 is 0 Å². The lowest BCUT2D eigenvalue weighted by Crippen LogP contribution is -2.32. The molecule has 1 aromatic carbocycles. The first-order valence-electron chi connectivity index (χ1n) is 6.49. The Labute approximate surface area is 144 Å². The minimum atomic E-state index is 0.418. The van der Waals surface area contributed by atoms with E-state index in [0.717, 1.165) is 17.0 Å². The summed E-state index contributed by atoms with van der Waals surface area (Å²) in [5.41, 5.74) is 5.31. The van der Waals surface area contributed by atoms with Gasteiger partial charge in [-0.2, -0.15) is 5.10 Å². The second-order valence-electron chi connectivity index (χ2n) is 4.46. The number of nitrogens with one attached hydrogen (secondary N) is 2. The minimum absolute atomic E-state index is 0.418. The average Bonchev–Trinajstić information content (AvgIpc) is 2.54. The zero-order valence-electron chi connectivity index (χ0n) is 11.8. The van der Waals surface area contributed by atoms with E-state index in [1.807, 2.05) is 31.2 Å². The van der Waals surface area contributed by atoms with Gasteiger partial charge in [-0.3, -0.25) is 10.4 Å². The van der Waals surface area contributed by atoms with Gasteiger partial charge < -0.3 is 5.32 Å². The van der Waals surface area contributed by atoms with Crippen LogP contribution in [0.3, 0.4) is 0 Å². The van der Waals surface area contributed by atoms with Crippen LogP contribution in [0.5, 0.6) is 0 Å². The molecule has 7 heteroatoms. The van der Waals surface area contributed by atoms with Crippen LogP contribution in [0.2, 0.25) is 10.0 Å². The van der Waals surface area contributed by atoms with Crippen LogP contribution < -0.4 is 10.7 Å². The fraction of sp³-hybridized carbons (Fsp3) is 0.133. The minimum Gasteiger partial charge on any atom is -0.357 e. The Kier molecular flexibility index (Phi) is 6.12. The highest BCUT2D eigenvalue weighted by atomic mass is 35.5. The van der Waals surface area contributed by atoms with Crippen molar-refractivity contribution in [3.05, 3.63) is 63.9 Å². The lowest BCUT2D eigenvalue weighted by Gasteiger charge is -2.08. The quantitative estimate of drug-likeness (QED) is 0.499. The molecular weight excluding hydrogens is 339 g/mol. The van der Waals surface area contributed by atoms with Crippen LogP contribution in [-0.2, 0) is 6.54 Å². The summed E-state index contributed by atoms with van der Waals surface area (Å²) < 4.78 is 0. The van der Waals surface area contributed by atoms with Gasteiger partial charge in [0.1, 0.15) is 0 Å². The topological polar surface area (TPSA) is 49.3 Å². The van der Waals surface area contributed by atoms with Crippen LogP contribution in [0.1, 0.15) is 18.2 Å². The van der Waals surface area contributed by atoms with Crippen LogP contribution >= 0.6 is 35.4 Å². The van der Waals surface area contributed by atoms with Crippen molar-refractivity contribution in [3.8, 4) is 0 Å². The van der Waals surface area contributed by atoms with Gasteiger partial charge in [-0.1, -0.05) is 35.3 Å². The zero-order chi connectivity index (χ0) is 15.9. The Balaban J connectivity index is 1.86. The molecule has 2 rings (SSSR count). The SMILES string of the molecule is C/C(=N\NC(=S)NCc1ccc(Cl)c(Cl)c1)c1ccccn1. The summed E-state index contributed by atoms with van der Waals surface area (Å²) in [7, 11) is 0. The molecule has 0 aliphatic heterocycles. The van der Waals surface area contributed by atoms with Gasteiger partial charge in [0.25, 0.3) is 0 Å². The number of aromatic nitrogens is 1. The number of hydrazone groups is 1. The Bertz CT molecular complexity index is 689. The number of hydrogen-bond donors (Lipinski definition) is 2. The molecule has 1 heterocycles. The second kappa shape index (κ2) is 8.08. The van der Waals surface area contributed by atoms with Crippen molar-refractivity contribution in [2.45, 2.75) is 13.5 Å². The highest BCUT2D eigenvalue weighted by molar-refractivity contribution is 7.80. The van der Waals surface area contributed by atoms with Crippen LogP contribution in [0.4, 0.5) is 0 Å². The number of nitrogens with zero attached hydrogens (tertiary/aromatic N) is 2. The molecule has 114 valence electrons. The lowest BCUT2D eigenvalue weighted by molar-refractivity contribution is 0.866. The van der Waals surface area contributed by atoms with E-state index in [1.165, 1.54) is 0 Å². The molecule has 0 aliphatic carbocycles. The van der Waals surface area contributed by atoms with Crippen LogP contribution in [0.25, 0.3) is 0 Å². The first kappa shape index (κ1) is 16.7. The van der Waals surface area contributed by atoms with Crippen LogP contribution in [0.15, 0.2) is 47.7 Å². The monoisotopic (exact) mass is 352 g/mol. The first-order chi connectivity index (χ1) is 10.6. The summed E-state index contributed by atoms with van der Waals surface area (Å²) in [5, 5.41) is 8.70. The predicted molar refractivity (Wildman–Crippen MR) is 95.5 cm³/mol. The summed E-state index contributed by atoms with van der Waals surface area (Å²) in [4.78, 5) is 4.21. The number of benzene rings is 1. The normalized spacial score (nSPS) is 11.1. The predicted octanol–water partition coefficient (Wildman–Crippen LogP) is 3.78. The highest BCUT2D eigenvalue weighted by Gasteiger charge is 2.01. The molecule has 0 radical (unpaired) electrons. The molecular formula is C15H14Cl2N4S. The van der Waals surface area contributed by atoms with Crippen molar-refractivity contribution >= 4 is 46.2 Å². The maximum absolute atomic E-state index is 5.96. The molecule has 0 saturated carbocycles. The molecule has 0 saturated heterocycles. The van der Waals surface area contributed by atoms with Crippen molar-refractivity contribution < 1.29 is 0 Å². The number of thiocarbonyl (C=S) groups is 1. The van der Waals surface area contributed by atoms with E-state index in [-0.39, 0.29) is 0 Å². The largest absolute Gasteiger partial charge is 0.357 e. The standard InChI is InChI=1S/C15H14Cl2N4S/c1-10(14-4-2-3-7-18-14)20-21-15(22)19-9-11-5-6-12(16)13(17)8-11/h2-8H,9H2,1H3,(H2,19,21,22)/b20-10+. The van der Waals surface area contributed by atoms with Crippen molar-refractivity contribution in [2.24, 2.45) is 5.10 Å². The first-order valence-corrected chi connectivity index (χ1v) is 7.66. The fourth-order valence-corrected chi connectivity index (χ4v) is 2.08. The third-order valence-corrected chi connectivity index (χ3v) is 3.77. The van der Waals surface area contributed by atoms with Gasteiger partial charge in [0, 0.05) is 12.7 Å². The van der Waals surface area contributed by atoms with Gasteiger partial charge in [0.05, 0.1) is 21.5 Å². The van der Waals surface area contributed by atoms with Crippen molar-refractivity contribution in [2.75, 3.05) is 0 Å². The molecule has 0 atom stereocenters. The zero-order valence-corrected chi connectivity index (χ0v) is 14.1. The van der Waals surface area contributed by atoms with Crippen molar-refractivity contribution in [1.82, 2.24) is 15.7 Å². The van der Waals surface area contributed by atoms with Crippen molar-refractivity contribution in [3.63, 3.8) is 0 Å². The summed E-state index contributed by atoms with van der Waals surface area (Å²) in [5.74, 6) is 0. The third-order valence-electron chi connectivity index (χ3n) is 2.80. The van der Waals surface area contributed by atoms with Crippen LogP contribution in [-0.4, -0.2) is 15.8 Å². The molecule has 0 fully saturated rings. The molecule has 2 N–H and O–H groups in total. The molecule has 0 bridgehead atoms. The van der Waals surface area contributed by atoms with E-state index < -0.39 is 0 Å². The summed E-state index contributed by atoms with van der Waals surface area (Å²) >= 11 is 17.0. The number of halogens is 2. The molecule has 4 nitrogen and oxygen atoms in total. The number of hydrogen-bond acceptors (Lipinski definition) is 3. The smallest absolute Gasteiger partial charge is 0.187 e.